The van der Waals surface area contributed by atoms with Gasteiger partial charge in [-0.05, 0) is 18.2 Å². The zero-order chi connectivity index (χ0) is 13.4. The van der Waals surface area contributed by atoms with E-state index >= 15 is 0 Å². The van der Waals surface area contributed by atoms with Gasteiger partial charge in [-0.2, -0.15) is 5.26 Å². The van der Waals surface area contributed by atoms with E-state index in [-0.39, 0.29) is 13.2 Å². The normalized spacial score (nSPS) is 9.11. The number of carbonyl (C=O) groups is 2. The maximum absolute atomic E-state index is 11.1. The third kappa shape index (κ3) is 3.79. The van der Waals surface area contributed by atoms with E-state index in [0.29, 0.717) is 23.3 Å². The van der Waals surface area contributed by atoms with Crippen LogP contribution in [0.5, 0.6) is 11.5 Å². The lowest BCUT2D eigenvalue weighted by molar-refractivity contribution is -0.144. The predicted octanol–water partition coefficient (Wildman–Crippen LogP) is 0.953. The second kappa shape index (κ2) is 6.91. The Hall–Kier alpha value is -2.55. The summed E-state index contributed by atoms with van der Waals surface area (Å²) < 4.78 is 14.7. The first-order chi connectivity index (χ1) is 8.71. The number of hydrogen-bond acceptors (Lipinski definition) is 6. The molecule has 94 valence electrons. The van der Waals surface area contributed by atoms with Gasteiger partial charge in [0, 0.05) is 5.56 Å². The number of nitriles is 1. The lowest BCUT2D eigenvalue weighted by Crippen LogP contribution is -2.15. The highest BCUT2D eigenvalue weighted by Gasteiger charge is 2.09. The van der Waals surface area contributed by atoms with Crippen LogP contribution in [0, 0.1) is 11.3 Å². The molecule has 0 bridgehead atoms. The number of nitrogens with zero attached hydrogens (tertiary/aromatic N) is 1. The van der Waals surface area contributed by atoms with E-state index in [1.165, 1.54) is 25.3 Å². The molecule has 0 aromatic heterocycles. The van der Waals surface area contributed by atoms with E-state index in [9.17, 15) is 9.59 Å². The van der Waals surface area contributed by atoms with E-state index in [4.69, 9.17) is 14.7 Å². The minimum absolute atomic E-state index is 0.316. The van der Waals surface area contributed by atoms with Crippen molar-refractivity contribution in [3.8, 4) is 17.6 Å². The fourth-order valence-corrected chi connectivity index (χ4v) is 1.17. The maximum atomic E-state index is 11.1. The van der Waals surface area contributed by atoms with E-state index in [0.717, 1.165) is 0 Å². The highest BCUT2D eigenvalue weighted by Crippen LogP contribution is 2.27. The molecule has 0 radical (unpaired) electrons. The van der Waals surface area contributed by atoms with E-state index < -0.39 is 5.97 Å². The molecule has 0 aliphatic rings. The summed E-state index contributed by atoms with van der Waals surface area (Å²) in [7, 11) is 1.42. The van der Waals surface area contributed by atoms with Crippen molar-refractivity contribution >= 4 is 12.3 Å². The highest BCUT2D eigenvalue weighted by atomic mass is 16.6. The Morgan fingerprint density at radius 2 is 2.22 bits per heavy atom. The lowest BCUT2D eigenvalue weighted by Gasteiger charge is -2.10. The molecule has 0 saturated heterocycles. The number of esters is 1. The molecule has 0 aliphatic heterocycles. The quantitative estimate of drug-likeness (QED) is 0.551. The van der Waals surface area contributed by atoms with Crippen molar-refractivity contribution in [3.63, 3.8) is 0 Å². The molecule has 0 amide bonds. The Kier molecular flexibility index (Phi) is 5.19. The molecule has 0 fully saturated rings. The van der Waals surface area contributed by atoms with Crippen molar-refractivity contribution in [1.82, 2.24) is 0 Å². The smallest absolute Gasteiger partial charge is 0.345 e. The van der Waals surface area contributed by atoms with Gasteiger partial charge >= 0.3 is 5.97 Å². The average molecular weight is 249 g/mol. The standard InChI is InChI=1S/C12H11NO5/c1-16-11-6-9(7-14)2-3-10(11)18-8-12(15)17-5-4-13/h2-3,6-7H,5,8H2,1H3. The van der Waals surface area contributed by atoms with Crippen molar-refractivity contribution < 1.29 is 23.8 Å². The van der Waals surface area contributed by atoms with Crippen LogP contribution in [0.25, 0.3) is 0 Å². The van der Waals surface area contributed by atoms with E-state index in [1.54, 1.807) is 6.07 Å². The second-order valence-corrected chi connectivity index (χ2v) is 3.14. The summed E-state index contributed by atoms with van der Waals surface area (Å²) in [6.45, 7) is -0.651. The van der Waals surface area contributed by atoms with Crippen molar-refractivity contribution in [3.05, 3.63) is 23.8 Å². The van der Waals surface area contributed by atoms with E-state index in [1.807, 2.05) is 0 Å². The molecule has 18 heavy (non-hydrogen) atoms. The van der Waals surface area contributed by atoms with Crippen molar-refractivity contribution in [2.24, 2.45) is 0 Å². The number of hydrogen-bond donors (Lipinski definition) is 0. The Morgan fingerprint density at radius 1 is 1.44 bits per heavy atom. The first-order valence-corrected chi connectivity index (χ1v) is 5.00. The summed E-state index contributed by atoms with van der Waals surface area (Å²) in [5.41, 5.74) is 0.436. The van der Waals surface area contributed by atoms with Crippen LogP contribution in [0.3, 0.4) is 0 Å². The molecule has 0 atom stereocenters. The van der Waals surface area contributed by atoms with Crippen LogP contribution in [-0.4, -0.2) is 32.6 Å². The average Bonchev–Trinajstić information content (AvgIpc) is 2.42. The molecule has 0 saturated carbocycles. The number of rotatable bonds is 6. The van der Waals surface area contributed by atoms with Gasteiger partial charge in [0.25, 0.3) is 0 Å². The third-order valence-corrected chi connectivity index (χ3v) is 1.97. The van der Waals surface area contributed by atoms with Gasteiger partial charge in [0.1, 0.15) is 12.4 Å². The first kappa shape index (κ1) is 13.5. The topological polar surface area (TPSA) is 85.6 Å². The molecular formula is C12H11NO5. The van der Waals surface area contributed by atoms with Crippen LogP contribution in [0.2, 0.25) is 0 Å². The molecule has 1 rings (SSSR count). The van der Waals surface area contributed by atoms with Crippen LogP contribution >= 0.6 is 0 Å². The SMILES string of the molecule is COc1cc(C=O)ccc1OCC(=O)OCC#N. The number of aldehydes is 1. The van der Waals surface area contributed by atoms with Crippen LogP contribution < -0.4 is 9.47 Å². The summed E-state index contributed by atoms with van der Waals surface area (Å²) in [5.74, 6) is 0.00255. The summed E-state index contributed by atoms with van der Waals surface area (Å²) in [6, 6.07) is 6.21. The fraction of sp³-hybridized carbons (Fsp3) is 0.250. The minimum Gasteiger partial charge on any atom is -0.493 e. The zero-order valence-electron chi connectivity index (χ0n) is 9.71. The van der Waals surface area contributed by atoms with Gasteiger partial charge in [-0.25, -0.2) is 4.79 Å². The Balaban J connectivity index is 2.64. The molecule has 0 heterocycles. The Bertz CT molecular complexity index is 478. The van der Waals surface area contributed by atoms with Gasteiger partial charge in [0.2, 0.25) is 0 Å². The van der Waals surface area contributed by atoms with Crippen LogP contribution in [-0.2, 0) is 9.53 Å². The lowest BCUT2D eigenvalue weighted by atomic mass is 10.2. The maximum Gasteiger partial charge on any atom is 0.345 e. The number of benzene rings is 1. The van der Waals surface area contributed by atoms with Gasteiger partial charge in [-0.3, -0.25) is 4.79 Å². The molecule has 1 aromatic rings. The largest absolute Gasteiger partial charge is 0.493 e. The molecular weight excluding hydrogens is 238 g/mol. The first-order valence-electron chi connectivity index (χ1n) is 5.00. The molecule has 6 heteroatoms. The van der Waals surface area contributed by atoms with Crippen LogP contribution in [0.1, 0.15) is 10.4 Å². The zero-order valence-corrected chi connectivity index (χ0v) is 9.71. The van der Waals surface area contributed by atoms with Crippen LogP contribution in [0.15, 0.2) is 18.2 Å². The monoisotopic (exact) mass is 249 g/mol. The molecule has 6 nitrogen and oxygen atoms in total. The van der Waals surface area contributed by atoms with Crippen molar-refractivity contribution in [1.29, 1.82) is 5.26 Å². The van der Waals surface area contributed by atoms with E-state index in [2.05, 4.69) is 4.74 Å². The molecule has 1 aromatic carbocycles. The van der Waals surface area contributed by atoms with Gasteiger partial charge in [-0.1, -0.05) is 0 Å². The van der Waals surface area contributed by atoms with Gasteiger partial charge in [0.15, 0.2) is 24.7 Å². The Morgan fingerprint density at radius 3 is 2.83 bits per heavy atom. The predicted molar refractivity (Wildman–Crippen MR) is 60.4 cm³/mol. The molecule has 0 N–H and O–H groups in total. The van der Waals surface area contributed by atoms with Gasteiger partial charge in [-0.15, -0.1) is 0 Å². The summed E-state index contributed by atoms with van der Waals surface area (Å²) in [6.07, 6.45) is 0.674. The van der Waals surface area contributed by atoms with Gasteiger partial charge < -0.3 is 14.2 Å². The molecule has 0 aliphatic carbocycles. The summed E-state index contributed by atoms with van der Waals surface area (Å²) in [4.78, 5) is 21.7. The highest BCUT2D eigenvalue weighted by molar-refractivity contribution is 5.76. The summed E-state index contributed by atoms with van der Waals surface area (Å²) in [5, 5.41) is 8.22. The fourth-order valence-electron chi connectivity index (χ4n) is 1.17. The number of methoxy groups -OCH3 is 1. The van der Waals surface area contributed by atoms with Gasteiger partial charge in [0.05, 0.1) is 7.11 Å². The number of ether oxygens (including phenoxy) is 3. The van der Waals surface area contributed by atoms with Crippen molar-refractivity contribution in [2.75, 3.05) is 20.3 Å². The summed E-state index contributed by atoms with van der Waals surface area (Å²) >= 11 is 0. The third-order valence-electron chi connectivity index (χ3n) is 1.97. The second-order valence-electron chi connectivity index (χ2n) is 3.14. The van der Waals surface area contributed by atoms with Crippen molar-refractivity contribution in [2.45, 2.75) is 0 Å². The Labute approximate surface area is 104 Å². The van der Waals surface area contributed by atoms with Crippen LogP contribution in [0.4, 0.5) is 0 Å². The minimum atomic E-state index is -0.655. The molecule has 0 spiro atoms. The molecule has 0 unspecified atom stereocenters. The number of carbonyl (C=O) groups excluding carboxylic acids is 2.